The van der Waals surface area contributed by atoms with Crippen LogP contribution >= 0.6 is 15.9 Å². The average Bonchev–Trinajstić information content (AvgIpc) is 2.65. The first kappa shape index (κ1) is 21.3. The molecule has 0 spiro atoms. The highest BCUT2D eigenvalue weighted by Gasteiger charge is 2.36. The van der Waals surface area contributed by atoms with Crippen molar-refractivity contribution in [2.75, 3.05) is 43.4 Å². The largest absolute Gasteiger partial charge is 0.417 e. The van der Waals surface area contributed by atoms with E-state index >= 15 is 0 Å². The van der Waals surface area contributed by atoms with E-state index in [4.69, 9.17) is 0 Å². The Morgan fingerprint density at radius 1 is 1.21 bits per heavy atom. The van der Waals surface area contributed by atoms with Gasteiger partial charge in [-0.15, -0.1) is 0 Å². The maximum absolute atomic E-state index is 14.8. The number of hydrogen-bond acceptors (Lipinski definition) is 4. The van der Waals surface area contributed by atoms with Crippen LogP contribution in [0.2, 0.25) is 0 Å². The van der Waals surface area contributed by atoms with Gasteiger partial charge in [0.2, 0.25) is 5.56 Å². The molecule has 0 saturated carbocycles. The number of rotatable bonds is 3. The Balaban J connectivity index is 1.99. The zero-order chi connectivity index (χ0) is 21.3. The quantitative estimate of drug-likeness (QED) is 0.667. The number of benzene rings is 1. The molecule has 0 radical (unpaired) electrons. The molecule has 2 N–H and O–H groups in total. The van der Waals surface area contributed by atoms with Gasteiger partial charge in [0, 0.05) is 38.4 Å². The monoisotopic (exact) mass is 476 g/mol. The van der Waals surface area contributed by atoms with Crippen molar-refractivity contribution >= 4 is 33.2 Å². The van der Waals surface area contributed by atoms with Crippen molar-refractivity contribution in [1.29, 1.82) is 0 Å². The van der Waals surface area contributed by atoms with Crippen molar-refractivity contribution in [2.24, 2.45) is 0 Å². The molecular weight excluding hydrogens is 460 g/mol. The van der Waals surface area contributed by atoms with E-state index in [9.17, 15) is 27.2 Å². The number of alkyl halides is 3. The third-order valence-corrected chi connectivity index (χ3v) is 5.24. The predicted octanol–water partition coefficient (Wildman–Crippen LogP) is 3.30. The molecule has 1 aromatic carbocycles. The Kier molecular flexibility index (Phi) is 5.99. The Morgan fingerprint density at radius 2 is 1.86 bits per heavy atom. The Bertz CT molecular complexity index is 985. The number of amides is 1. The van der Waals surface area contributed by atoms with Gasteiger partial charge in [-0.3, -0.25) is 9.59 Å². The molecular formula is C18H17BrF4N4O2. The first-order chi connectivity index (χ1) is 13.6. The number of piperazine rings is 1. The number of nitrogens with zero attached hydrogens (tertiary/aromatic N) is 2. The van der Waals surface area contributed by atoms with Crippen molar-refractivity contribution in [1.82, 2.24) is 9.88 Å². The standard InChI is InChI=1S/C18H17BrF4N4O2/c1-26-4-6-27(7-5-26)13-3-2-12(19)15(20)16(13)25-17(29)10-9-24-14(28)8-11(10)18(21,22)23/h2-3,8-9H,4-7H2,1H3,(H,24,28)(H,25,29). The van der Waals surface area contributed by atoms with Crippen LogP contribution in [0.3, 0.4) is 0 Å². The van der Waals surface area contributed by atoms with Crippen LogP contribution in [0.25, 0.3) is 0 Å². The molecule has 29 heavy (non-hydrogen) atoms. The lowest BCUT2D eigenvalue weighted by Crippen LogP contribution is -2.44. The third kappa shape index (κ3) is 4.61. The minimum atomic E-state index is -4.92. The number of likely N-dealkylation sites (N-methyl/N-ethyl adjacent to an activating group) is 1. The fourth-order valence-electron chi connectivity index (χ4n) is 3.05. The molecule has 0 bridgehead atoms. The van der Waals surface area contributed by atoms with E-state index in [-0.39, 0.29) is 10.2 Å². The maximum Gasteiger partial charge on any atom is 0.417 e. The van der Waals surface area contributed by atoms with Gasteiger partial charge in [0.05, 0.1) is 21.3 Å². The molecule has 1 aromatic heterocycles. The summed E-state index contributed by atoms with van der Waals surface area (Å²) in [6.07, 6.45) is -4.25. The van der Waals surface area contributed by atoms with Crippen molar-refractivity contribution in [3.63, 3.8) is 0 Å². The van der Waals surface area contributed by atoms with E-state index in [0.717, 1.165) is 0 Å². The molecule has 2 aromatic rings. The molecule has 1 amide bonds. The van der Waals surface area contributed by atoms with Crippen LogP contribution in [-0.2, 0) is 6.18 Å². The van der Waals surface area contributed by atoms with Gasteiger partial charge in [-0.25, -0.2) is 4.39 Å². The van der Waals surface area contributed by atoms with Crippen LogP contribution in [0.5, 0.6) is 0 Å². The highest BCUT2D eigenvalue weighted by Crippen LogP contribution is 2.35. The van der Waals surface area contributed by atoms with Crippen molar-refractivity contribution < 1.29 is 22.4 Å². The number of nitrogens with one attached hydrogen (secondary N) is 2. The molecule has 0 aliphatic carbocycles. The minimum absolute atomic E-state index is 0.0585. The molecule has 1 fully saturated rings. The van der Waals surface area contributed by atoms with E-state index in [2.05, 4.69) is 31.1 Å². The highest BCUT2D eigenvalue weighted by molar-refractivity contribution is 9.10. The van der Waals surface area contributed by atoms with Gasteiger partial charge >= 0.3 is 6.18 Å². The zero-order valence-electron chi connectivity index (χ0n) is 15.2. The molecule has 0 unspecified atom stereocenters. The lowest BCUT2D eigenvalue weighted by Gasteiger charge is -2.35. The molecule has 3 rings (SSSR count). The second-order valence-corrected chi connectivity index (χ2v) is 7.48. The summed E-state index contributed by atoms with van der Waals surface area (Å²) in [5.41, 5.74) is -3.06. The molecule has 2 heterocycles. The maximum atomic E-state index is 14.8. The molecule has 1 saturated heterocycles. The first-order valence-electron chi connectivity index (χ1n) is 8.60. The molecule has 0 atom stereocenters. The van der Waals surface area contributed by atoms with Gasteiger partial charge in [0.15, 0.2) is 5.82 Å². The fraction of sp³-hybridized carbons (Fsp3) is 0.333. The van der Waals surface area contributed by atoms with Crippen molar-refractivity contribution in [2.45, 2.75) is 6.18 Å². The number of aromatic nitrogens is 1. The summed E-state index contributed by atoms with van der Waals surface area (Å²) in [6.45, 7) is 2.55. The Labute approximate surface area is 171 Å². The van der Waals surface area contributed by atoms with Crippen LogP contribution in [0.4, 0.5) is 28.9 Å². The summed E-state index contributed by atoms with van der Waals surface area (Å²) in [6, 6.07) is 3.36. The van der Waals surface area contributed by atoms with Crippen LogP contribution in [-0.4, -0.2) is 49.0 Å². The van der Waals surface area contributed by atoms with Gasteiger partial charge in [0.1, 0.15) is 5.69 Å². The summed E-state index contributed by atoms with van der Waals surface area (Å²) in [5.74, 6) is -1.98. The van der Waals surface area contributed by atoms with Crippen molar-refractivity contribution in [3.8, 4) is 0 Å². The zero-order valence-corrected chi connectivity index (χ0v) is 16.8. The van der Waals surface area contributed by atoms with E-state index in [0.29, 0.717) is 44.1 Å². The van der Waals surface area contributed by atoms with E-state index in [1.54, 1.807) is 6.07 Å². The van der Waals surface area contributed by atoms with Gasteiger partial charge in [-0.05, 0) is 35.1 Å². The fourth-order valence-corrected chi connectivity index (χ4v) is 3.38. The normalized spacial score (nSPS) is 15.4. The average molecular weight is 477 g/mol. The van der Waals surface area contributed by atoms with Crippen LogP contribution in [0.1, 0.15) is 15.9 Å². The number of carbonyl (C=O) groups excluding carboxylic acids is 1. The topological polar surface area (TPSA) is 68.4 Å². The third-order valence-electron chi connectivity index (χ3n) is 4.63. The SMILES string of the molecule is CN1CCN(c2ccc(Br)c(F)c2NC(=O)c2c[nH]c(=O)cc2C(F)(F)F)CC1. The number of pyridine rings is 1. The van der Waals surface area contributed by atoms with Gasteiger partial charge in [-0.1, -0.05) is 0 Å². The second kappa shape index (κ2) is 8.15. The van der Waals surface area contributed by atoms with Crippen LogP contribution in [0.15, 0.2) is 33.7 Å². The summed E-state index contributed by atoms with van der Waals surface area (Å²) in [7, 11) is 1.94. The van der Waals surface area contributed by atoms with Gasteiger partial charge in [-0.2, -0.15) is 13.2 Å². The number of carbonyl (C=O) groups is 1. The van der Waals surface area contributed by atoms with Crippen molar-refractivity contribution in [3.05, 3.63) is 56.2 Å². The number of halogens is 5. The highest BCUT2D eigenvalue weighted by atomic mass is 79.9. The van der Waals surface area contributed by atoms with E-state index in [1.165, 1.54) is 6.07 Å². The lowest BCUT2D eigenvalue weighted by atomic mass is 10.1. The van der Waals surface area contributed by atoms with E-state index in [1.807, 2.05) is 11.9 Å². The summed E-state index contributed by atoms with van der Waals surface area (Å²) < 4.78 is 54.6. The Morgan fingerprint density at radius 3 is 2.48 bits per heavy atom. The summed E-state index contributed by atoms with van der Waals surface area (Å²) >= 11 is 3.04. The second-order valence-electron chi connectivity index (χ2n) is 6.62. The summed E-state index contributed by atoms with van der Waals surface area (Å²) in [4.78, 5) is 29.9. The molecule has 1 aliphatic rings. The van der Waals surface area contributed by atoms with Crippen LogP contribution in [0, 0.1) is 5.82 Å². The predicted molar refractivity (Wildman–Crippen MR) is 104 cm³/mol. The Hall–Kier alpha value is -2.40. The van der Waals surface area contributed by atoms with Gasteiger partial charge < -0.3 is 20.1 Å². The number of anilines is 2. The first-order valence-corrected chi connectivity index (χ1v) is 9.40. The summed E-state index contributed by atoms with van der Waals surface area (Å²) in [5, 5.41) is 2.26. The molecule has 11 heteroatoms. The van der Waals surface area contributed by atoms with Crippen LogP contribution < -0.4 is 15.8 Å². The number of aromatic amines is 1. The molecule has 156 valence electrons. The molecule has 1 aliphatic heterocycles. The van der Waals surface area contributed by atoms with Gasteiger partial charge in [0.25, 0.3) is 5.91 Å². The molecule has 6 nitrogen and oxygen atoms in total. The lowest BCUT2D eigenvalue weighted by molar-refractivity contribution is -0.138. The number of hydrogen-bond donors (Lipinski definition) is 2. The number of H-pyrrole nitrogens is 1. The minimum Gasteiger partial charge on any atom is -0.367 e. The van der Waals surface area contributed by atoms with E-state index < -0.39 is 34.6 Å². The smallest absolute Gasteiger partial charge is 0.367 e.